The van der Waals surface area contributed by atoms with Gasteiger partial charge in [0.15, 0.2) is 5.11 Å². The van der Waals surface area contributed by atoms with Crippen molar-refractivity contribution in [2.45, 2.75) is 6.92 Å². The van der Waals surface area contributed by atoms with Crippen LogP contribution in [0.3, 0.4) is 0 Å². The second kappa shape index (κ2) is 10.8. The van der Waals surface area contributed by atoms with Crippen molar-refractivity contribution in [1.82, 2.24) is 5.32 Å². The number of anilines is 2. The third-order valence-electron chi connectivity index (χ3n) is 5.35. The van der Waals surface area contributed by atoms with Crippen molar-refractivity contribution in [2.75, 3.05) is 16.8 Å². The quantitative estimate of drug-likeness (QED) is 0.217. The van der Waals surface area contributed by atoms with E-state index in [4.69, 9.17) is 12.2 Å². The molecule has 0 aliphatic rings. The van der Waals surface area contributed by atoms with Gasteiger partial charge in [-0.25, -0.2) is 0 Å². The van der Waals surface area contributed by atoms with Gasteiger partial charge in [0.1, 0.15) is 0 Å². The van der Waals surface area contributed by atoms with Gasteiger partial charge in [-0.05, 0) is 89.6 Å². The zero-order valence-corrected chi connectivity index (χ0v) is 21.4. The number of hydrogen-bond acceptors (Lipinski definition) is 3. The Morgan fingerprint density at radius 2 is 1.56 bits per heavy atom. The minimum Gasteiger partial charge on any atom is -0.332 e. The highest BCUT2D eigenvalue weighted by Gasteiger charge is 2.18. The Labute approximate surface area is 217 Å². The molecule has 0 unspecified atom stereocenters. The molecule has 0 radical (unpaired) electrons. The third-order valence-corrected chi connectivity index (χ3v) is 6.50. The Bertz CT molecular complexity index is 1370. The molecule has 7 heteroatoms. The molecule has 0 saturated carbocycles. The molecule has 0 bridgehead atoms. The Morgan fingerprint density at radius 1 is 0.882 bits per heavy atom. The zero-order valence-electron chi connectivity index (χ0n) is 18.4. The topological polar surface area (TPSA) is 61.4 Å². The molecular weight excluding hydrogens is 557 g/mol. The van der Waals surface area contributed by atoms with E-state index in [-0.39, 0.29) is 16.9 Å². The largest absolute Gasteiger partial charge is 0.332 e. The summed E-state index contributed by atoms with van der Waals surface area (Å²) in [5.41, 5.74) is 2.68. The van der Waals surface area contributed by atoms with Gasteiger partial charge in [-0.3, -0.25) is 14.9 Å². The number of carbonyl (C=O) groups is 2. The monoisotopic (exact) mass is 579 g/mol. The number of halogens is 1. The van der Waals surface area contributed by atoms with Crippen LogP contribution < -0.4 is 15.5 Å². The lowest BCUT2D eigenvalue weighted by Crippen LogP contribution is -2.34. The van der Waals surface area contributed by atoms with Crippen molar-refractivity contribution in [1.29, 1.82) is 0 Å². The molecule has 0 saturated heterocycles. The molecule has 4 aromatic rings. The Morgan fingerprint density at radius 3 is 2.29 bits per heavy atom. The molecule has 2 amide bonds. The molecule has 0 atom stereocenters. The van der Waals surface area contributed by atoms with Crippen molar-refractivity contribution in [3.63, 3.8) is 0 Å². The van der Waals surface area contributed by atoms with Crippen LogP contribution in [0, 0.1) is 3.57 Å². The van der Waals surface area contributed by atoms with Gasteiger partial charge >= 0.3 is 0 Å². The van der Waals surface area contributed by atoms with E-state index in [1.807, 2.05) is 61.5 Å². The van der Waals surface area contributed by atoms with Gasteiger partial charge in [0.2, 0.25) is 0 Å². The molecule has 0 spiro atoms. The fraction of sp³-hybridized carbons (Fsp3) is 0.0741. The SMILES string of the molecule is CCN(C(=O)c1ccc(NC(=S)NC(=O)c2ccccc2I)cc1)c1cccc2ccccc12. The number of nitrogens with zero attached hydrogens (tertiary/aromatic N) is 1. The van der Waals surface area contributed by atoms with Crippen LogP contribution in [-0.2, 0) is 0 Å². The van der Waals surface area contributed by atoms with E-state index >= 15 is 0 Å². The molecule has 170 valence electrons. The Hall–Kier alpha value is -3.30. The minimum atomic E-state index is -0.275. The smallest absolute Gasteiger partial charge is 0.258 e. The van der Waals surface area contributed by atoms with Gasteiger partial charge in [0.05, 0.1) is 11.3 Å². The molecule has 2 N–H and O–H groups in total. The number of hydrogen-bond donors (Lipinski definition) is 2. The molecule has 4 rings (SSSR count). The highest BCUT2D eigenvalue weighted by Crippen LogP contribution is 2.28. The summed E-state index contributed by atoms with van der Waals surface area (Å²) in [5, 5.41) is 8.00. The van der Waals surface area contributed by atoms with Crippen molar-refractivity contribution in [3.05, 3.63) is 106 Å². The number of amides is 2. The molecule has 5 nitrogen and oxygen atoms in total. The summed E-state index contributed by atoms with van der Waals surface area (Å²) < 4.78 is 0.843. The van der Waals surface area contributed by atoms with Crippen molar-refractivity contribution in [3.8, 4) is 0 Å². The second-order valence-corrected chi connectivity index (χ2v) is 9.08. The van der Waals surface area contributed by atoms with E-state index in [0.717, 1.165) is 20.0 Å². The van der Waals surface area contributed by atoms with Crippen LogP contribution in [-0.4, -0.2) is 23.5 Å². The van der Waals surface area contributed by atoms with Gasteiger partial charge in [-0.1, -0.05) is 48.5 Å². The first-order valence-electron chi connectivity index (χ1n) is 10.7. The number of carbonyl (C=O) groups excluding carboxylic acids is 2. The fourth-order valence-corrected chi connectivity index (χ4v) is 4.54. The molecule has 0 fully saturated rings. The first kappa shape index (κ1) is 23.8. The lowest BCUT2D eigenvalue weighted by atomic mass is 10.1. The number of fused-ring (bicyclic) bond motifs is 1. The molecule has 0 aromatic heterocycles. The number of thiocarbonyl (C=S) groups is 1. The highest BCUT2D eigenvalue weighted by atomic mass is 127. The maximum atomic E-state index is 13.3. The van der Waals surface area contributed by atoms with Crippen LogP contribution in [0.25, 0.3) is 10.8 Å². The van der Waals surface area contributed by atoms with Gasteiger partial charge < -0.3 is 10.2 Å². The zero-order chi connectivity index (χ0) is 24.1. The van der Waals surface area contributed by atoms with Gasteiger partial charge in [-0.2, -0.15) is 0 Å². The summed E-state index contributed by atoms with van der Waals surface area (Å²) in [5.74, 6) is -0.358. The van der Waals surface area contributed by atoms with Gasteiger partial charge in [-0.15, -0.1) is 0 Å². The summed E-state index contributed by atoms with van der Waals surface area (Å²) >= 11 is 7.40. The van der Waals surface area contributed by atoms with Crippen LogP contribution in [0.15, 0.2) is 91.0 Å². The highest BCUT2D eigenvalue weighted by molar-refractivity contribution is 14.1. The predicted molar refractivity (Wildman–Crippen MR) is 151 cm³/mol. The summed E-state index contributed by atoms with van der Waals surface area (Å²) in [6, 6.07) is 28.3. The summed E-state index contributed by atoms with van der Waals surface area (Å²) in [4.78, 5) is 27.5. The van der Waals surface area contributed by atoms with Crippen molar-refractivity contribution >= 4 is 73.9 Å². The normalized spacial score (nSPS) is 10.5. The molecular formula is C27H22IN3O2S. The number of benzene rings is 4. The predicted octanol–water partition coefficient (Wildman–Crippen LogP) is 6.24. The van der Waals surface area contributed by atoms with Crippen LogP contribution in [0.4, 0.5) is 11.4 Å². The lowest BCUT2D eigenvalue weighted by molar-refractivity contribution is 0.0973. The maximum absolute atomic E-state index is 13.3. The molecule has 0 heterocycles. The lowest BCUT2D eigenvalue weighted by Gasteiger charge is -2.23. The Kier molecular flexibility index (Phi) is 7.54. The summed E-state index contributed by atoms with van der Waals surface area (Å²) in [7, 11) is 0. The molecule has 0 aliphatic carbocycles. The standard InChI is InChI=1S/C27H22IN3O2S/c1-2-31(24-13-7-9-18-8-3-4-10-21(18)24)26(33)19-14-16-20(17-15-19)29-27(34)30-25(32)22-11-5-6-12-23(22)28/h3-17H,2H2,1H3,(H2,29,30,32,34). The average molecular weight is 579 g/mol. The Balaban J connectivity index is 1.46. The van der Waals surface area contributed by atoms with E-state index in [0.29, 0.717) is 23.4 Å². The van der Waals surface area contributed by atoms with Crippen LogP contribution in [0.5, 0.6) is 0 Å². The van der Waals surface area contributed by atoms with E-state index in [1.165, 1.54) is 0 Å². The van der Waals surface area contributed by atoms with Crippen molar-refractivity contribution < 1.29 is 9.59 Å². The van der Waals surface area contributed by atoms with E-state index in [2.05, 4.69) is 33.2 Å². The van der Waals surface area contributed by atoms with Crippen LogP contribution in [0.2, 0.25) is 0 Å². The van der Waals surface area contributed by atoms with E-state index in [9.17, 15) is 9.59 Å². The van der Waals surface area contributed by atoms with Crippen molar-refractivity contribution in [2.24, 2.45) is 0 Å². The molecule has 4 aromatic carbocycles. The van der Waals surface area contributed by atoms with Crippen LogP contribution >= 0.6 is 34.8 Å². The minimum absolute atomic E-state index is 0.0834. The number of nitrogens with one attached hydrogen (secondary N) is 2. The second-order valence-electron chi connectivity index (χ2n) is 7.51. The first-order valence-corrected chi connectivity index (χ1v) is 12.2. The first-order chi connectivity index (χ1) is 16.5. The number of rotatable bonds is 5. The van der Waals surface area contributed by atoms with Crippen LogP contribution in [0.1, 0.15) is 27.6 Å². The van der Waals surface area contributed by atoms with Gasteiger partial charge in [0, 0.05) is 26.8 Å². The average Bonchev–Trinajstić information content (AvgIpc) is 2.85. The summed E-state index contributed by atoms with van der Waals surface area (Å²) in [6.07, 6.45) is 0. The van der Waals surface area contributed by atoms with E-state index in [1.54, 1.807) is 41.3 Å². The summed E-state index contributed by atoms with van der Waals surface area (Å²) in [6.45, 7) is 2.51. The fourth-order valence-electron chi connectivity index (χ4n) is 3.70. The molecule has 34 heavy (non-hydrogen) atoms. The maximum Gasteiger partial charge on any atom is 0.258 e. The van der Waals surface area contributed by atoms with E-state index < -0.39 is 0 Å². The molecule has 0 aliphatic heterocycles. The van der Waals surface area contributed by atoms with Gasteiger partial charge in [0.25, 0.3) is 11.8 Å². The third kappa shape index (κ3) is 5.26.